The molecule has 2 atom stereocenters. The van der Waals surface area contributed by atoms with Gasteiger partial charge >= 0.3 is 0 Å². The number of nitrogens with two attached hydrogens (primary N) is 1. The van der Waals surface area contributed by atoms with Gasteiger partial charge in [-0.2, -0.15) is 0 Å². The number of carbonyl (C=O) groups excluding carboxylic acids is 1. The normalized spacial score (nSPS) is 23.9. The van der Waals surface area contributed by atoms with Crippen LogP contribution in [0.2, 0.25) is 0 Å². The summed E-state index contributed by atoms with van der Waals surface area (Å²) in [5, 5.41) is 12.6. The lowest BCUT2D eigenvalue weighted by molar-refractivity contribution is 0.0655. The van der Waals surface area contributed by atoms with E-state index in [9.17, 15) is 9.90 Å². The Morgan fingerprint density at radius 1 is 1.44 bits per heavy atom. The van der Waals surface area contributed by atoms with Gasteiger partial charge in [-0.15, -0.1) is 0 Å². The Bertz CT molecular complexity index is 403. The Hall–Kier alpha value is -1.33. The van der Waals surface area contributed by atoms with Crippen LogP contribution in [0.25, 0.3) is 0 Å². The maximum absolute atomic E-state index is 11.8. The lowest BCUT2D eigenvalue weighted by Crippen LogP contribution is -2.36. The Kier molecular flexibility index (Phi) is 4.38. The van der Waals surface area contributed by atoms with Gasteiger partial charge in [-0.25, -0.2) is 0 Å². The zero-order valence-corrected chi connectivity index (χ0v) is 10.4. The zero-order valence-electron chi connectivity index (χ0n) is 10.4. The maximum atomic E-state index is 11.8. The van der Waals surface area contributed by atoms with Crippen LogP contribution in [0.3, 0.4) is 0 Å². The van der Waals surface area contributed by atoms with Crippen molar-refractivity contribution in [2.75, 3.05) is 6.54 Å². The smallest absolute Gasteiger partial charge is 0.287 e. The summed E-state index contributed by atoms with van der Waals surface area (Å²) in [5.74, 6) is 0.790. The summed E-state index contributed by atoms with van der Waals surface area (Å²) >= 11 is 0. The molecule has 2 unspecified atom stereocenters. The van der Waals surface area contributed by atoms with Crippen LogP contribution in [0.5, 0.6) is 0 Å². The quantitative estimate of drug-likeness (QED) is 0.746. The maximum Gasteiger partial charge on any atom is 0.287 e. The number of carbonyl (C=O) groups is 1. The molecule has 0 aliphatic heterocycles. The van der Waals surface area contributed by atoms with Gasteiger partial charge in [-0.3, -0.25) is 4.79 Å². The van der Waals surface area contributed by atoms with Crippen molar-refractivity contribution in [3.05, 3.63) is 23.7 Å². The highest BCUT2D eigenvalue weighted by Gasteiger charge is 2.23. The van der Waals surface area contributed by atoms with Crippen molar-refractivity contribution >= 4 is 5.91 Å². The van der Waals surface area contributed by atoms with E-state index in [1.807, 2.05) is 0 Å². The van der Waals surface area contributed by atoms with E-state index >= 15 is 0 Å². The van der Waals surface area contributed by atoms with Crippen molar-refractivity contribution < 1.29 is 14.3 Å². The van der Waals surface area contributed by atoms with Crippen molar-refractivity contribution in [3.63, 3.8) is 0 Å². The fraction of sp³-hybridized carbons (Fsp3) is 0.615. The van der Waals surface area contributed by atoms with E-state index in [1.54, 1.807) is 12.1 Å². The number of aliphatic hydroxyl groups excluding tert-OH is 1. The minimum absolute atomic E-state index is 0.159. The minimum Gasteiger partial charge on any atom is -0.455 e. The molecule has 1 saturated carbocycles. The van der Waals surface area contributed by atoms with Gasteiger partial charge < -0.3 is 20.6 Å². The van der Waals surface area contributed by atoms with Crippen LogP contribution < -0.4 is 11.1 Å². The SMILES string of the molecule is NCc1ccc(C(=O)NCC2CCCCC2O)o1. The molecule has 1 aliphatic carbocycles. The summed E-state index contributed by atoms with van der Waals surface area (Å²) in [6.07, 6.45) is 3.70. The molecule has 0 bridgehead atoms. The van der Waals surface area contributed by atoms with E-state index in [1.165, 1.54) is 0 Å². The number of nitrogens with one attached hydrogen (secondary N) is 1. The molecule has 2 rings (SSSR count). The van der Waals surface area contributed by atoms with E-state index in [0.717, 1.165) is 25.7 Å². The van der Waals surface area contributed by atoms with E-state index in [2.05, 4.69) is 5.32 Å². The first-order valence-corrected chi connectivity index (χ1v) is 6.45. The highest BCUT2D eigenvalue weighted by molar-refractivity contribution is 5.91. The summed E-state index contributed by atoms with van der Waals surface area (Å²) < 4.78 is 5.26. The summed E-state index contributed by atoms with van der Waals surface area (Å²) in [5.41, 5.74) is 5.41. The predicted octanol–water partition coefficient (Wildman–Crippen LogP) is 1.02. The summed E-state index contributed by atoms with van der Waals surface area (Å²) in [7, 11) is 0. The van der Waals surface area contributed by atoms with Gasteiger partial charge in [-0.1, -0.05) is 12.8 Å². The van der Waals surface area contributed by atoms with Crippen LogP contribution in [-0.4, -0.2) is 23.7 Å². The predicted molar refractivity (Wildman–Crippen MR) is 66.9 cm³/mol. The van der Waals surface area contributed by atoms with Gasteiger partial charge in [0.2, 0.25) is 0 Å². The molecule has 1 aromatic rings. The van der Waals surface area contributed by atoms with Crippen LogP contribution in [0.15, 0.2) is 16.5 Å². The number of hydrogen-bond donors (Lipinski definition) is 3. The molecule has 4 N–H and O–H groups in total. The van der Waals surface area contributed by atoms with Gasteiger partial charge in [0.05, 0.1) is 12.6 Å². The van der Waals surface area contributed by atoms with Gasteiger partial charge in [0.15, 0.2) is 5.76 Å². The molecule has 0 spiro atoms. The van der Waals surface area contributed by atoms with E-state index in [-0.39, 0.29) is 30.2 Å². The van der Waals surface area contributed by atoms with Gasteiger partial charge in [-0.05, 0) is 25.0 Å². The first kappa shape index (κ1) is 13.1. The molecule has 1 amide bonds. The second-order valence-corrected chi connectivity index (χ2v) is 4.79. The number of aliphatic hydroxyl groups is 1. The van der Waals surface area contributed by atoms with Crippen molar-refractivity contribution in [2.24, 2.45) is 11.7 Å². The second kappa shape index (κ2) is 6.02. The Balaban J connectivity index is 1.84. The van der Waals surface area contributed by atoms with Gasteiger partial charge in [0.25, 0.3) is 5.91 Å². The average Bonchev–Trinajstić information content (AvgIpc) is 2.86. The lowest BCUT2D eigenvalue weighted by atomic mass is 9.86. The molecule has 1 fully saturated rings. The molecule has 1 heterocycles. The standard InChI is InChI=1S/C13H20N2O3/c14-7-10-5-6-12(18-10)13(17)15-8-9-3-1-2-4-11(9)16/h5-6,9,11,16H,1-4,7-8,14H2,(H,15,17). The minimum atomic E-state index is -0.296. The molecular weight excluding hydrogens is 232 g/mol. The summed E-state index contributed by atoms with van der Waals surface area (Å²) in [4.78, 5) is 11.8. The first-order chi connectivity index (χ1) is 8.70. The van der Waals surface area contributed by atoms with Crippen LogP contribution in [-0.2, 0) is 6.54 Å². The number of amides is 1. The molecule has 5 heteroatoms. The van der Waals surface area contributed by atoms with E-state index in [0.29, 0.717) is 12.3 Å². The third kappa shape index (κ3) is 3.11. The monoisotopic (exact) mass is 252 g/mol. The van der Waals surface area contributed by atoms with Crippen LogP contribution in [0.4, 0.5) is 0 Å². The Labute approximate surface area is 106 Å². The van der Waals surface area contributed by atoms with Crippen LogP contribution >= 0.6 is 0 Å². The molecule has 1 aromatic heterocycles. The fourth-order valence-corrected chi connectivity index (χ4v) is 2.35. The van der Waals surface area contributed by atoms with Gasteiger partial charge in [0, 0.05) is 12.5 Å². The first-order valence-electron chi connectivity index (χ1n) is 6.45. The zero-order chi connectivity index (χ0) is 13.0. The number of furan rings is 1. The van der Waals surface area contributed by atoms with Crippen molar-refractivity contribution in [3.8, 4) is 0 Å². The number of hydrogen-bond acceptors (Lipinski definition) is 4. The fourth-order valence-electron chi connectivity index (χ4n) is 2.35. The Morgan fingerprint density at radius 2 is 2.22 bits per heavy atom. The van der Waals surface area contributed by atoms with E-state index in [4.69, 9.17) is 10.2 Å². The number of rotatable bonds is 4. The van der Waals surface area contributed by atoms with Gasteiger partial charge in [0.1, 0.15) is 5.76 Å². The second-order valence-electron chi connectivity index (χ2n) is 4.79. The highest BCUT2D eigenvalue weighted by atomic mass is 16.4. The Morgan fingerprint density at radius 3 is 2.89 bits per heavy atom. The molecule has 5 nitrogen and oxygen atoms in total. The van der Waals surface area contributed by atoms with E-state index < -0.39 is 0 Å². The van der Waals surface area contributed by atoms with Crippen molar-refractivity contribution in [1.82, 2.24) is 5.32 Å². The van der Waals surface area contributed by atoms with Crippen LogP contribution in [0, 0.1) is 5.92 Å². The highest BCUT2D eigenvalue weighted by Crippen LogP contribution is 2.23. The molecule has 100 valence electrons. The molecule has 1 aliphatic rings. The molecule has 18 heavy (non-hydrogen) atoms. The third-order valence-corrected chi connectivity index (χ3v) is 3.48. The third-order valence-electron chi connectivity index (χ3n) is 3.48. The van der Waals surface area contributed by atoms with Crippen molar-refractivity contribution in [2.45, 2.75) is 38.3 Å². The molecule has 0 aromatic carbocycles. The molecule has 0 radical (unpaired) electrons. The molecule has 0 saturated heterocycles. The largest absolute Gasteiger partial charge is 0.455 e. The topological polar surface area (TPSA) is 88.5 Å². The summed E-state index contributed by atoms with van der Waals surface area (Å²) in [6, 6.07) is 3.32. The summed E-state index contributed by atoms with van der Waals surface area (Å²) in [6.45, 7) is 0.785. The average molecular weight is 252 g/mol. The molecular formula is C13H20N2O3. The van der Waals surface area contributed by atoms with Crippen molar-refractivity contribution in [1.29, 1.82) is 0 Å². The lowest BCUT2D eigenvalue weighted by Gasteiger charge is -2.27. The van der Waals surface area contributed by atoms with Crippen LogP contribution in [0.1, 0.15) is 42.0 Å².